The first-order chi connectivity index (χ1) is 13.5. The smallest absolute Gasteiger partial charge is 0.305 e. The molecule has 0 aromatic rings. The highest BCUT2D eigenvalue weighted by Gasteiger charge is 2.27. The van der Waals surface area contributed by atoms with Crippen molar-refractivity contribution in [3.05, 3.63) is 0 Å². The maximum atomic E-state index is 12.1. The second kappa shape index (κ2) is 14.2. The summed E-state index contributed by atoms with van der Waals surface area (Å²) in [6, 6.07) is 0.267. The Hall–Kier alpha value is -1.79. The molecule has 1 atom stereocenters. The largest absolute Gasteiger partial charge is 0.466 e. The average molecular weight is 397 g/mol. The van der Waals surface area contributed by atoms with Gasteiger partial charge in [0, 0.05) is 44.6 Å². The van der Waals surface area contributed by atoms with Crippen LogP contribution in [0, 0.1) is 5.92 Å². The molecule has 1 unspecified atom stereocenters. The summed E-state index contributed by atoms with van der Waals surface area (Å²) in [5.74, 6) is 1.04. The summed E-state index contributed by atoms with van der Waals surface area (Å²) < 4.78 is 4.93. The maximum absolute atomic E-state index is 12.1. The molecule has 0 saturated carbocycles. The molecule has 0 aromatic heterocycles. The van der Waals surface area contributed by atoms with Crippen LogP contribution in [0.3, 0.4) is 0 Å². The number of unbranched alkanes of at least 4 members (excludes halogenated alkanes) is 4. The molecular weight excluding hydrogens is 356 g/mol. The van der Waals surface area contributed by atoms with Gasteiger partial charge < -0.3 is 20.3 Å². The van der Waals surface area contributed by atoms with Gasteiger partial charge in [-0.1, -0.05) is 33.1 Å². The summed E-state index contributed by atoms with van der Waals surface area (Å²) in [7, 11) is 0. The standard InChI is InChI=1S/C21H40N4O3/c1-5-22-21(24-18-13-15-25(16-18)20(27)17(3)4)23-14-11-9-7-8-10-12-19(26)28-6-2/h17-18H,5-16H2,1-4H3,(H2,22,23,24). The van der Waals surface area contributed by atoms with E-state index in [1.165, 1.54) is 0 Å². The lowest BCUT2D eigenvalue weighted by Crippen LogP contribution is -2.45. The van der Waals surface area contributed by atoms with Crippen LogP contribution in [0.25, 0.3) is 0 Å². The predicted octanol–water partition coefficient (Wildman–Crippen LogP) is 2.70. The van der Waals surface area contributed by atoms with E-state index in [-0.39, 0.29) is 23.8 Å². The Morgan fingerprint density at radius 3 is 2.54 bits per heavy atom. The van der Waals surface area contributed by atoms with Gasteiger partial charge >= 0.3 is 5.97 Å². The molecule has 7 heteroatoms. The van der Waals surface area contributed by atoms with E-state index in [0.29, 0.717) is 13.0 Å². The van der Waals surface area contributed by atoms with Crippen molar-refractivity contribution in [2.75, 3.05) is 32.8 Å². The minimum absolute atomic E-state index is 0.0537. The number of amides is 1. The van der Waals surface area contributed by atoms with Crippen molar-refractivity contribution in [2.24, 2.45) is 10.9 Å². The zero-order valence-electron chi connectivity index (χ0n) is 18.3. The highest BCUT2D eigenvalue weighted by Crippen LogP contribution is 2.13. The molecule has 2 N–H and O–H groups in total. The molecule has 1 saturated heterocycles. The third kappa shape index (κ3) is 9.95. The highest BCUT2D eigenvalue weighted by atomic mass is 16.5. The van der Waals surface area contributed by atoms with E-state index < -0.39 is 0 Å². The molecule has 162 valence electrons. The lowest BCUT2D eigenvalue weighted by atomic mass is 10.1. The Labute approximate surface area is 170 Å². The Kier molecular flexibility index (Phi) is 12.3. The van der Waals surface area contributed by atoms with E-state index in [2.05, 4.69) is 22.5 Å². The topological polar surface area (TPSA) is 83.0 Å². The highest BCUT2D eigenvalue weighted by molar-refractivity contribution is 5.81. The quantitative estimate of drug-likeness (QED) is 0.229. The maximum Gasteiger partial charge on any atom is 0.305 e. The summed E-state index contributed by atoms with van der Waals surface area (Å²) in [5.41, 5.74) is 0. The van der Waals surface area contributed by atoms with E-state index in [9.17, 15) is 9.59 Å². The van der Waals surface area contributed by atoms with Crippen LogP contribution in [0.2, 0.25) is 0 Å². The first kappa shape index (κ1) is 24.2. The van der Waals surface area contributed by atoms with Gasteiger partial charge in [-0.2, -0.15) is 0 Å². The van der Waals surface area contributed by atoms with Crippen LogP contribution in [0.4, 0.5) is 0 Å². The molecule has 1 aliphatic rings. The second-order valence-corrected chi connectivity index (χ2v) is 7.65. The molecule has 1 aliphatic heterocycles. The third-order valence-corrected chi connectivity index (χ3v) is 4.79. The molecule has 0 spiro atoms. The molecule has 0 aromatic carbocycles. The Bertz CT molecular complexity index is 494. The fraction of sp³-hybridized carbons (Fsp3) is 0.857. The number of likely N-dealkylation sites (tertiary alicyclic amines) is 1. The van der Waals surface area contributed by atoms with Crippen molar-refractivity contribution < 1.29 is 14.3 Å². The van der Waals surface area contributed by atoms with Crippen LogP contribution in [-0.2, 0) is 14.3 Å². The minimum Gasteiger partial charge on any atom is -0.466 e. The Balaban J connectivity index is 2.22. The van der Waals surface area contributed by atoms with Gasteiger partial charge in [0.05, 0.1) is 6.61 Å². The van der Waals surface area contributed by atoms with Gasteiger partial charge in [-0.25, -0.2) is 0 Å². The van der Waals surface area contributed by atoms with Crippen LogP contribution in [0.1, 0.15) is 72.6 Å². The molecule has 0 aliphatic carbocycles. The molecule has 7 nitrogen and oxygen atoms in total. The fourth-order valence-corrected chi connectivity index (χ4v) is 3.29. The Morgan fingerprint density at radius 2 is 1.86 bits per heavy atom. The average Bonchev–Trinajstić information content (AvgIpc) is 3.11. The summed E-state index contributed by atoms with van der Waals surface area (Å²) in [6.07, 6.45) is 6.72. The van der Waals surface area contributed by atoms with Crippen molar-refractivity contribution in [3.63, 3.8) is 0 Å². The van der Waals surface area contributed by atoms with Crippen LogP contribution in [-0.4, -0.2) is 61.6 Å². The molecule has 0 bridgehead atoms. The summed E-state index contributed by atoms with van der Waals surface area (Å²) in [6.45, 7) is 11.4. The second-order valence-electron chi connectivity index (χ2n) is 7.65. The molecule has 0 radical (unpaired) electrons. The third-order valence-electron chi connectivity index (χ3n) is 4.79. The number of carbonyl (C=O) groups is 2. The van der Waals surface area contributed by atoms with Crippen molar-refractivity contribution in [3.8, 4) is 0 Å². The lowest BCUT2D eigenvalue weighted by molar-refractivity contribution is -0.143. The number of carbonyl (C=O) groups excluding carboxylic acids is 2. The number of guanidine groups is 1. The van der Waals surface area contributed by atoms with Crippen LogP contribution >= 0.6 is 0 Å². The number of nitrogens with zero attached hydrogens (tertiary/aromatic N) is 2. The number of hydrogen-bond donors (Lipinski definition) is 2. The lowest BCUT2D eigenvalue weighted by Gasteiger charge is -2.20. The molecule has 1 fully saturated rings. The Morgan fingerprint density at radius 1 is 1.14 bits per heavy atom. The molecular formula is C21H40N4O3. The number of ether oxygens (including phenoxy) is 1. The zero-order valence-corrected chi connectivity index (χ0v) is 18.3. The molecule has 1 amide bonds. The van der Waals surface area contributed by atoms with Crippen LogP contribution in [0.15, 0.2) is 4.99 Å². The van der Waals surface area contributed by atoms with Gasteiger partial charge in [0.15, 0.2) is 5.96 Å². The van der Waals surface area contributed by atoms with Gasteiger partial charge in [0.25, 0.3) is 0 Å². The fourth-order valence-electron chi connectivity index (χ4n) is 3.29. The predicted molar refractivity (Wildman–Crippen MR) is 113 cm³/mol. The van der Waals surface area contributed by atoms with E-state index in [1.54, 1.807) is 0 Å². The monoisotopic (exact) mass is 396 g/mol. The number of nitrogens with one attached hydrogen (secondary N) is 2. The number of hydrogen-bond acceptors (Lipinski definition) is 4. The van der Waals surface area contributed by atoms with Gasteiger partial charge in [0.2, 0.25) is 5.91 Å². The van der Waals surface area contributed by atoms with Crippen LogP contribution in [0.5, 0.6) is 0 Å². The summed E-state index contributed by atoms with van der Waals surface area (Å²) in [5, 5.41) is 6.77. The van der Waals surface area contributed by atoms with E-state index in [1.807, 2.05) is 25.7 Å². The molecule has 1 heterocycles. The number of esters is 1. The zero-order chi connectivity index (χ0) is 20.8. The molecule has 1 rings (SSSR count). The van der Waals surface area contributed by atoms with E-state index in [0.717, 1.165) is 70.7 Å². The van der Waals surface area contributed by atoms with Crippen molar-refractivity contribution in [1.82, 2.24) is 15.5 Å². The SMILES string of the molecule is CCNC(=NCCCCCCCC(=O)OCC)NC1CCN(C(=O)C(C)C)C1. The normalized spacial score (nSPS) is 17.1. The number of rotatable bonds is 12. The van der Waals surface area contributed by atoms with Crippen molar-refractivity contribution >= 4 is 17.8 Å². The van der Waals surface area contributed by atoms with Crippen LogP contribution < -0.4 is 10.6 Å². The van der Waals surface area contributed by atoms with E-state index >= 15 is 0 Å². The van der Waals surface area contributed by atoms with Gasteiger partial charge in [-0.3, -0.25) is 14.6 Å². The first-order valence-corrected chi connectivity index (χ1v) is 11.0. The summed E-state index contributed by atoms with van der Waals surface area (Å²) >= 11 is 0. The first-order valence-electron chi connectivity index (χ1n) is 11.0. The van der Waals surface area contributed by atoms with Gasteiger partial charge in [0.1, 0.15) is 0 Å². The van der Waals surface area contributed by atoms with E-state index in [4.69, 9.17) is 4.74 Å². The van der Waals surface area contributed by atoms with Gasteiger partial charge in [-0.15, -0.1) is 0 Å². The van der Waals surface area contributed by atoms with Crippen molar-refractivity contribution in [1.29, 1.82) is 0 Å². The molecule has 28 heavy (non-hydrogen) atoms. The van der Waals surface area contributed by atoms with Gasteiger partial charge in [-0.05, 0) is 33.1 Å². The van der Waals surface area contributed by atoms with Crippen molar-refractivity contribution in [2.45, 2.75) is 78.7 Å². The number of aliphatic imine (C=N–C) groups is 1. The minimum atomic E-state index is -0.0889. The summed E-state index contributed by atoms with van der Waals surface area (Å²) in [4.78, 5) is 30.0.